The summed E-state index contributed by atoms with van der Waals surface area (Å²) in [6.07, 6.45) is 5.29. The Bertz CT molecular complexity index is 415. The highest BCUT2D eigenvalue weighted by Gasteiger charge is 2.15. The van der Waals surface area contributed by atoms with Crippen LogP contribution in [0, 0.1) is 10.1 Å². The van der Waals surface area contributed by atoms with Crippen molar-refractivity contribution in [1.29, 1.82) is 0 Å². The summed E-state index contributed by atoms with van der Waals surface area (Å²) in [5, 5.41) is 10.8. The molecular weight excluding hydrogens is 204 g/mol. The molecule has 0 spiro atoms. The third-order valence-corrected chi connectivity index (χ3v) is 2.72. The Morgan fingerprint density at radius 1 is 1.31 bits per heavy atom. The molecule has 0 radical (unpaired) electrons. The van der Waals surface area contributed by atoms with Crippen LogP contribution in [0.5, 0.6) is 0 Å². The average Bonchev–Trinajstić information content (AvgIpc) is 2.31. The molecule has 1 aliphatic rings. The van der Waals surface area contributed by atoms with E-state index in [9.17, 15) is 10.1 Å². The van der Waals surface area contributed by atoms with Crippen molar-refractivity contribution in [3.05, 3.63) is 52.1 Å². The topological polar surface area (TPSA) is 46.4 Å². The molecule has 1 heterocycles. The van der Waals surface area contributed by atoms with Crippen LogP contribution in [0.15, 0.2) is 36.4 Å². The van der Waals surface area contributed by atoms with Crippen LogP contribution in [0.25, 0.3) is 0 Å². The second kappa shape index (κ2) is 4.90. The van der Waals surface area contributed by atoms with Gasteiger partial charge in [0.15, 0.2) is 0 Å². The highest BCUT2D eigenvalue weighted by atomic mass is 16.6. The monoisotopic (exact) mass is 218 g/mol. The van der Waals surface area contributed by atoms with Crippen LogP contribution >= 0.6 is 0 Å². The summed E-state index contributed by atoms with van der Waals surface area (Å²) in [6.45, 7) is 2.51. The van der Waals surface area contributed by atoms with Crippen LogP contribution in [0.3, 0.4) is 0 Å². The molecule has 1 aromatic rings. The predicted octanol–water partition coefficient (Wildman–Crippen LogP) is 2.36. The van der Waals surface area contributed by atoms with Gasteiger partial charge in [-0.1, -0.05) is 30.4 Å². The van der Waals surface area contributed by atoms with E-state index in [-0.39, 0.29) is 10.6 Å². The van der Waals surface area contributed by atoms with Crippen LogP contribution in [-0.2, 0) is 6.54 Å². The van der Waals surface area contributed by atoms with Crippen LogP contribution in [0.4, 0.5) is 5.69 Å². The van der Waals surface area contributed by atoms with Gasteiger partial charge in [-0.25, -0.2) is 0 Å². The van der Waals surface area contributed by atoms with Crippen LogP contribution in [-0.4, -0.2) is 22.9 Å². The van der Waals surface area contributed by atoms with Gasteiger partial charge >= 0.3 is 0 Å². The first-order valence-electron chi connectivity index (χ1n) is 5.37. The lowest BCUT2D eigenvalue weighted by molar-refractivity contribution is -0.385. The van der Waals surface area contributed by atoms with E-state index in [2.05, 4.69) is 17.1 Å². The van der Waals surface area contributed by atoms with Gasteiger partial charge in [0.1, 0.15) is 0 Å². The summed E-state index contributed by atoms with van der Waals surface area (Å²) < 4.78 is 0. The van der Waals surface area contributed by atoms with E-state index in [1.807, 2.05) is 12.1 Å². The van der Waals surface area contributed by atoms with Crippen LogP contribution in [0.2, 0.25) is 0 Å². The van der Waals surface area contributed by atoms with Crippen molar-refractivity contribution < 1.29 is 4.92 Å². The van der Waals surface area contributed by atoms with Gasteiger partial charge in [-0.15, -0.1) is 0 Å². The minimum atomic E-state index is -0.310. The van der Waals surface area contributed by atoms with Gasteiger partial charge in [-0.3, -0.25) is 15.0 Å². The highest BCUT2D eigenvalue weighted by Crippen LogP contribution is 2.20. The van der Waals surface area contributed by atoms with Gasteiger partial charge in [0, 0.05) is 31.3 Å². The van der Waals surface area contributed by atoms with Crippen molar-refractivity contribution in [2.45, 2.75) is 13.0 Å². The first-order chi connectivity index (χ1) is 7.77. The van der Waals surface area contributed by atoms with Gasteiger partial charge in [0.25, 0.3) is 5.69 Å². The normalized spacial score (nSPS) is 16.2. The van der Waals surface area contributed by atoms with Crippen molar-refractivity contribution in [3.63, 3.8) is 0 Å². The van der Waals surface area contributed by atoms with Gasteiger partial charge < -0.3 is 0 Å². The molecule has 0 amide bonds. The molecule has 0 atom stereocenters. The quantitative estimate of drug-likeness (QED) is 0.444. The number of rotatable bonds is 3. The standard InChI is InChI=1S/C12H14N2O2/c15-14(16)12-7-3-2-6-11(12)10-13-8-4-1-5-9-13/h1-4,6-7H,5,8-10H2. The minimum absolute atomic E-state index is 0.219. The maximum Gasteiger partial charge on any atom is 0.273 e. The lowest BCUT2D eigenvalue weighted by atomic mass is 10.1. The summed E-state index contributed by atoms with van der Waals surface area (Å²) in [5.74, 6) is 0. The smallest absolute Gasteiger partial charge is 0.273 e. The molecule has 0 bridgehead atoms. The molecule has 16 heavy (non-hydrogen) atoms. The van der Waals surface area contributed by atoms with E-state index in [0.717, 1.165) is 25.1 Å². The van der Waals surface area contributed by atoms with E-state index in [4.69, 9.17) is 0 Å². The number of benzene rings is 1. The first-order valence-corrected chi connectivity index (χ1v) is 5.37. The molecule has 2 rings (SSSR count). The second-order valence-electron chi connectivity index (χ2n) is 3.88. The van der Waals surface area contributed by atoms with E-state index in [0.29, 0.717) is 6.54 Å². The Morgan fingerprint density at radius 3 is 2.81 bits per heavy atom. The first kappa shape index (κ1) is 10.8. The van der Waals surface area contributed by atoms with Crippen molar-refractivity contribution >= 4 is 5.69 Å². The summed E-state index contributed by atoms with van der Waals surface area (Å²) in [7, 11) is 0. The molecule has 84 valence electrons. The molecule has 4 nitrogen and oxygen atoms in total. The van der Waals surface area contributed by atoms with E-state index in [1.165, 1.54) is 0 Å². The molecule has 0 saturated heterocycles. The summed E-state index contributed by atoms with van der Waals surface area (Å²) in [5.41, 5.74) is 1.01. The molecule has 1 aliphatic heterocycles. The third kappa shape index (κ3) is 2.46. The Labute approximate surface area is 94.3 Å². The molecular formula is C12H14N2O2. The number of nitro benzene ring substituents is 1. The Balaban J connectivity index is 2.14. The van der Waals surface area contributed by atoms with Crippen molar-refractivity contribution in [2.24, 2.45) is 0 Å². The SMILES string of the molecule is O=[N+]([O-])c1ccccc1CN1CC=CCC1. The van der Waals surface area contributed by atoms with Crippen molar-refractivity contribution in [1.82, 2.24) is 4.90 Å². The number of nitro groups is 1. The molecule has 0 aliphatic carbocycles. The number of nitrogens with zero attached hydrogens (tertiary/aromatic N) is 2. The average molecular weight is 218 g/mol. The fraction of sp³-hybridized carbons (Fsp3) is 0.333. The van der Waals surface area contributed by atoms with E-state index >= 15 is 0 Å². The summed E-state index contributed by atoms with van der Waals surface area (Å²) >= 11 is 0. The second-order valence-corrected chi connectivity index (χ2v) is 3.88. The van der Waals surface area contributed by atoms with Crippen molar-refractivity contribution in [3.8, 4) is 0 Å². The third-order valence-electron chi connectivity index (χ3n) is 2.72. The zero-order valence-electron chi connectivity index (χ0n) is 9.00. The maximum atomic E-state index is 10.8. The fourth-order valence-electron chi connectivity index (χ4n) is 1.90. The summed E-state index contributed by atoms with van der Waals surface area (Å²) in [4.78, 5) is 12.7. The zero-order valence-corrected chi connectivity index (χ0v) is 9.00. The number of hydrogen-bond acceptors (Lipinski definition) is 3. The number of hydrogen-bond donors (Lipinski definition) is 0. The van der Waals surface area contributed by atoms with E-state index in [1.54, 1.807) is 12.1 Å². The maximum absolute atomic E-state index is 10.8. The molecule has 0 aromatic heterocycles. The van der Waals surface area contributed by atoms with Crippen LogP contribution in [0.1, 0.15) is 12.0 Å². The van der Waals surface area contributed by atoms with Crippen molar-refractivity contribution in [2.75, 3.05) is 13.1 Å². The Kier molecular flexibility index (Phi) is 3.31. The van der Waals surface area contributed by atoms with Gasteiger partial charge in [0.2, 0.25) is 0 Å². The lowest BCUT2D eigenvalue weighted by Crippen LogP contribution is -2.26. The highest BCUT2D eigenvalue weighted by molar-refractivity contribution is 5.39. The van der Waals surface area contributed by atoms with Gasteiger partial charge in [-0.05, 0) is 6.42 Å². The van der Waals surface area contributed by atoms with Gasteiger partial charge in [-0.2, -0.15) is 0 Å². The lowest BCUT2D eigenvalue weighted by Gasteiger charge is -2.22. The van der Waals surface area contributed by atoms with E-state index < -0.39 is 0 Å². The minimum Gasteiger partial charge on any atom is -0.295 e. The molecule has 1 aromatic carbocycles. The number of para-hydroxylation sites is 1. The molecule has 0 unspecified atom stereocenters. The molecule has 0 fully saturated rings. The summed E-state index contributed by atoms with van der Waals surface area (Å²) in [6, 6.07) is 6.95. The molecule has 0 saturated carbocycles. The Morgan fingerprint density at radius 2 is 2.12 bits per heavy atom. The van der Waals surface area contributed by atoms with Crippen LogP contribution < -0.4 is 0 Å². The Hall–Kier alpha value is -1.68. The largest absolute Gasteiger partial charge is 0.295 e. The predicted molar refractivity (Wildman–Crippen MR) is 62.1 cm³/mol. The zero-order chi connectivity index (χ0) is 11.4. The fourth-order valence-corrected chi connectivity index (χ4v) is 1.90. The molecule has 4 heteroatoms. The van der Waals surface area contributed by atoms with Gasteiger partial charge in [0.05, 0.1) is 4.92 Å². The molecule has 0 N–H and O–H groups in total.